The number of nitrogen functional groups attached to an aromatic ring is 1. The number of hydrogen-bond donors (Lipinski definition) is 2. The van der Waals surface area contributed by atoms with Crippen molar-refractivity contribution in [3.63, 3.8) is 0 Å². The Hall–Kier alpha value is -1.72. The predicted molar refractivity (Wildman–Crippen MR) is 41.2 cm³/mol. The summed E-state index contributed by atoms with van der Waals surface area (Å²) in [7, 11) is 2.72. The fourth-order valence-electron chi connectivity index (χ4n) is 0.715. The molecular formula is C6H9N3O3. The zero-order valence-corrected chi connectivity index (χ0v) is 6.74. The molecule has 0 aliphatic rings. The third kappa shape index (κ3) is 1.31. The molecule has 0 saturated carbocycles. The second-order valence-electron chi connectivity index (χ2n) is 1.95. The number of hydrogen-bond acceptors (Lipinski definition) is 6. The van der Waals surface area contributed by atoms with Gasteiger partial charge in [-0.25, -0.2) is 0 Å². The van der Waals surface area contributed by atoms with Gasteiger partial charge in [-0.1, -0.05) is 0 Å². The molecule has 0 saturated heterocycles. The van der Waals surface area contributed by atoms with E-state index < -0.39 is 0 Å². The number of nitrogens with zero attached hydrogens (tertiary/aromatic N) is 2. The molecule has 66 valence electrons. The van der Waals surface area contributed by atoms with E-state index in [1.165, 1.54) is 14.2 Å². The van der Waals surface area contributed by atoms with Crippen LogP contribution in [0.3, 0.4) is 0 Å². The van der Waals surface area contributed by atoms with Crippen molar-refractivity contribution < 1.29 is 14.6 Å². The average molecular weight is 171 g/mol. The molecule has 6 heteroatoms. The summed E-state index contributed by atoms with van der Waals surface area (Å²) in [6.07, 6.45) is 0. The molecule has 1 aromatic rings. The lowest BCUT2D eigenvalue weighted by Gasteiger charge is -2.05. The summed E-state index contributed by atoms with van der Waals surface area (Å²) < 4.78 is 9.41. The van der Waals surface area contributed by atoms with Gasteiger partial charge in [0.05, 0.1) is 14.2 Å². The van der Waals surface area contributed by atoms with Gasteiger partial charge >= 0.3 is 0 Å². The van der Waals surface area contributed by atoms with Crippen LogP contribution >= 0.6 is 0 Å². The van der Waals surface area contributed by atoms with Gasteiger partial charge in [-0.15, -0.1) is 0 Å². The van der Waals surface area contributed by atoms with E-state index >= 15 is 0 Å². The van der Waals surface area contributed by atoms with E-state index in [1.807, 2.05) is 0 Å². The van der Waals surface area contributed by atoms with Crippen molar-refractivity contribution in [2.75, 3.05) is 20.0 Å². The van der Waals surface area contributed by atoms with Gasteiger partial charge in [-0.3, -0.25) is 0 Å². The highest BCUT2D eigenvalue weighted by Gasteiger charge is 2.12. The van der Waals surface area contributed by atoms with Crippen LogP contribution < -0.4 is 15.2 Å². The van der Waals surface area contributed by atoms with Gasteiger partial charge in [-0.05, 0) is 0 Å². The number of rotatable bonds is 2. The summed E-state index contributed by atoms with van der Waals surface area (Å²) in [5, 5.41) is 9.28. The third-order valence-electron chi connectivity index (χ3n) is 1.22. The molecule has 0 amide bonds. The molecule has 0 radical (unpaired) electrons. The van der Waals surface area contributed by atoms with E-state index in [0.29, 0.717) is 0 Å². The number of ether oxygens (including phenoxy) is 2. The maximum atomic E-state index is 9.28. The minimum atomic E-state index is -0.255. The molecule has 1 aromatic heterocycles. The smallest absolute Gasteiger partial charge is 0.265 e. The number of aromatic hydroxyl groups is 1. The van der Waals surface area contributed by atoms with Gasteiger partial charge in [0, 0.05) is 0 Å². The molecule has 0 bridgehead atoms. The maximum Gasteiger partial charge on any atom is 0.265 e. The molecule has 0 unspecified atom stereocenters. The number of anilines is 1. The monoisotopic (exact) mass is 171 g/mol. The fraction of sp³-hybridized carbons (Fsp3) is 0.333. The van der Waals surface area contributed by atoms with Crippen molar-refractivity contribution in [3.8, 4) is 17.5 Å². The average Bonchev–Trinajstić information content (AvgIpc) is 2.08. The van der Waals surface area contributed by atoms with E-state index in [2.05, 4.69) is 9.97 Å². The maximum absolute atomic E-state index is 9.28. The largest absolute Gasteiger partial charge is 0.499 e. The Balaban J connectivity index is 3.22. The van der Waals surface area contributed by atoms with Crippen LogP contribution in [0, 0.1) is 0 Å². The van der Waals surface area contributed by atoms with Gasteiger partial charge in [0.2, 0.25) is 11.7 Å². The highest BCUT2D eigenvalue weighted by atomic mass is 16.5. The molecule has 1 heterocycles. The molecule has 12 heavy (non-hydrogen) atoms. The molecular weight excluding hydrogens is 162 g/mol. The molecule has 0 aliphatic heterocycles. The first-order valence-corrected chi connectivity index (χ1v) is 3.13. The zero-order chi connectivity index (χ0) is 9.14. The summed E-state index contributed by atoms with van der Waals surface area (Å²) in [5.41, 5.74) is 5.29. The standard InChI is InChI=1S/C6H9N3O3/c1-11-4-3(10)5(12-2)9-6(7)8-4/h10H,1-2H3,(H2,7,8,9). The van der Waals surface area contributed by atoms with Crippen molar-refractivity contribution >= 4 is 5.95 Å². The van der Waals surface area contributed by atoms with Gasteiger partial charge < -0.3 is 20.3 Å². The van der Waals surface area contributed by atoms with Gasteiger partial charge in [0.25, 0.3) is 11.8 Å². The van der Waals surface area contributed by atoms with Crippen LogP contribution in [0.4, 0.5) is 5.95 Å². The van der Waals surface area contributed by atoms with Crippen molar-refractivity contribution in [3.05, 3.63) is 0 Å². The quantitative estimate of drug-likeness (QED) is 0.639. The van der Waals surface area contributed by atoms with Crippen molar-refractivity contribution in [1.82, 2.24) is 9.97 Å². The lowest BCUT2D eigenvalue weighted by Crippen LogP contribution is -2.00. The van der Waals surface area contributed by atoms with Crippen molar-refractivity contribution in [2.24, 2.45) is 0 Å². The second kappa shape index (κ2) is 3.12. The van der Waals surface area contributed by atoms with Crippen molar-refractivity contribution in [1.29, 1.82) is 0 Å². The minimum Gasteiger partial charge on any atom is -0.499 e. The fourth-order valence-corrected chi connectivity index (χ4v) is 0.715. The van der Waals surface area contributed by atoms with Crippen LogP contribution in [0.15, 0.2) is 0 Å². The SMILES string of the molecule is COc1nc(N)nc(OC)c1O. The molecule has 0 aliphatic carbocycles. The molecule has 0 spiro atoms. The zero-order valence-electron chi connectivity index (χ0n) is 6.74. The number of nitrogens with two attached hydrogens (primary N) is 1. The first kappa shape index (κ1) is 8.38. The summed E-state index contributed by atoms with van der Waals surface area (Å²) in [5.74, 6) is -0.269. The summed E-state index contributed by atoms with van der Waals surface area (Å²) in [4.78, 5) is 7.23. The third-order valence-corrected chi connectivity index (χ3v) is 1.22. The predicted octanol–water partition coefficient (Wildman–Crippen LogP) is -0.218. The van der Waals surface area contributed by atoms with Crippen LogP contribution in [0.1, 0.15) is 0 Å². The van der Waals surface area contributed by atoms with Crippen LogP contribution in [0.25, 0.3) is 0 Å². The number of methoxy groups -OCH3 is 2. The molecule has 0 fully saturated rings. The highest BCUT2D eigenvalue weighted by molar-refractivity contribution is 5.44. The minimum absolute atomic E-state index is 0.000602. The first-order chi connectivity index (χ1) is 5.69. The topological polar surface area (TPSA) is 90.5 Å². The lowest BCUT2D eigenvalue weighted by molar-refractivity contribution is 0.321. The van der Waals surface area contributed by atoms with E-state index in [1.54, 1.807) is 0 Å². The van der Waals surface area contributed by atoms with Gasteiger partial charge in [0.1, 0.15) is 0 Å². The summed E-state index contributed by atoms with van der Waals surface area (Å²) in [6.45, 7) is 0. The van der Waals surface area contributed by atoms with E-state index in [9.17, 15) is 5.11 Å². The Kier molecular flexibility index (Phi) is 2.18. The van der Waals surface area contributed by atoms with Crippen LogP contribution in [-0.4, -0.2) is 29.3 Å². The summed E-state index contributed by atoms with van der Waals surface area (Å²) >= 11 is 0. The first-order valence-electron chi connectivity index (χ1n) is 3.13. The van der Waals surface area contributed by atoms with Gasteiger partial charge in [-0.2, -0.15) is 9.97 Å². The van der Waals surface area contributed by atoms with E-state index in [-0.39, 0.29) is 23.5 Å². The molecule has 0 atom stereocenters. The normalized spacial score (nSPS) is 9.50. The summed E-state index contributed by atoms with van der Waals surface area (Å²) in [6, 6.07) is 0. The van der Waals surface area contributed by atoms with Crippen LogP contribution in [0.2, 0.25) is 0 Å². The molecule has 3 N–H and O–H groups in total. The Bertz CT molecular complexity index is 264. The Morgan fingerprint density at radius 2 is 1.58 bits per heavy atom. The number of aromatic nitrogens is 2. The lowest BCUT2D eigenvalue weighted by atomic mass is 10.5. The van der Waals surface area contributed by atoms with E-state index in [4.69, 9.17) is 15.2 Å². The Morgan fingerprint density at radius 3 is 1.92 bits per heavy atom. The second-order valence-corrected chi connectivity index (χ2v) is 1.95. The molecule has 0 aromatic carbocycles. The van der Waals surface area contributed by atoms with Crippen molar-refractivity contribution in [2.45, 2.75) is 0 Å². The molecule has 1 rings (SSSR count). The Morgan fingerprint density at radius 1 is 1.17 bits per heavy atom. The molecule has 6 nitrogen and oxygen atoms in total. The Labute approximate surface area is 69.0 Å². The van der Waals surface area contributed by atoms with Gasteiger partial charge in [0.15, 0.2) is 0 Å². The van der Waals surface area contributed by atoms with Crippen LogP contribution in [-0.2, 0) is 0 Å². The van der Waals surface area contributed by atoms with E-state index in [0.717, 1.165) is 0 Å². The highest BCUT2D eigenvalue weighted by Crippen LogP contribution is 2.32. The van der Waals surface area contributed by atoms with Crippen LogP contribution in [0.5, 0.6) is 17.5 Å².